The summed E-state index contributed by atoms with van der Waals surface area (Å²) in [5, 5.41) is 8.17. The smallest absolute Gasteiger partial charge is 0.0758 e. The summed E-state index contributed by atoms with van der Waals surface area (Å²) in [6.45, 7) is 4.90. The highest BCUT2D eigenvalue weighted by Gasteiger charge is 2.47. The second-order valence-electron chi connectivity index (χ2n) is 19.1. The Bertz CT molecular complexity index is 3000. The van der Waals surface area contributed by atoms with Gasteiger partial charge in [-0.05, 0) is 127 Å². The molecule has 7 aromatic carbocycles. The van der Waals surface area contributed by atoms with Gasteiger partial charge in [-0.3, -0.25) is 0 Å². The zero-order valence-corrected chi connectivity index (χ0v) is 36.4. The van der Waals surface area contributed by atoms with Crippen LogP contribution >= 0.6 is 0 Å². The van der Waals surface area contributed by atoms with Crippen LogP contribution in [0.15, 0.2) is 182 Å². The van der Waals surface area contributed by atoms with E-state index in [1.165, 1.54) is 110 Å². The van der Waals surface area contributed by atoms with Gasteiger partial charge in [0.1, 0.15) is 0 Å². The topological polar surface area (TPSA) is 24.1 Å². The number of fused-ring (bicyclic) bond motifs is 8. The molecule has 0 bridgehead atoms. The first kappa shape index (κ1) is 38.1. The Labute approximate surface area is 373 Å². The molecule has 0 radical (unpaired) electrons. The van der Waals surface area contributed by atoms with E-state index in [1.54, 1.807) is 11.1 Å². The number of benzene rings is 7. The second-order valence-corrected chi connectivity index (χ2v) is 19.1. The first-order valence-corrected chi connectivity index (χ1v) is 23.3. The summed E-state index contributed by atoms with van der Waals surface area (Å²) in [6.07, 6.45) is 13.3. The Morgan fingerprint density at radius 3 is 1.65 bits per heavy atom. The van der Waals surface area contributed by atoms with Crippen LogP contribution in [0.1, 0.15) is 127 Å². The molecule has 2 heteroatoms. The number of hydrogen-bond acceptors (Lipinski definition) is 2. The van der Waals surface area contributed by atoms with Gasteiger partial charge < -0.3 is 10.6 Å². The Kier molecular flexibility index (Phi) is 9.08. The average molecular weight is 815 g/mol. The van der Waals surface area contributed by atoms with Crippen molar-refractivity contribution in [2.75, 3.05) is 0 Å². The summed E-state index contributed by atoms with van der Waals surface area (Å²) in [7, 11) is 0. The average Bonchev–Trinajstić information content (AvgIpc) is 3.74. The molecule has 2 nitrogen and oxygen atoms in total. The van der Waals surface area contributed by atoms with E-state index in [0.717, 1.165) is 24.2 Å². The van der Waals surface area contributed by atoms with Crippen molar-refractivity contribution < 1.29 is 0 Å². The number of rotatable bonds is 6. The van der Waals surface area contributed by atoms with E-state index >= 15 is 0 Å². The van der Waals surface area contributed by atoms with Gasteiger partial charge in [0, 0.05) is 16.4 Å². The molecule has 1 saturated carbocycles. The number of hydrogen-bond donors (Lipinski definition) is 2. The van der Waals surface area contributed by atoms with Gasteiger partial charge in [-0.15, -0.1) is 0 Å². The van der Waals surface area contributed by atoms with Crippen LogP contribution in [-0.4, -0.2) is 0 Å². The zero-order chi connectivity index (χ0) is 42.1. The highest BCUT2D eigenvalue weighted by molar-refractivity contribution is 5.96. The predicted molar refractivity (Wildman–Crippen MR) is 263 cm³/mol. The fraction of sp³-hybridized carbons (Fsp3) is 0.213. The minimum Gasteiger partial charge on any atom is -0.374 e. The molecule has 308 valence electrons. The minimum atomic E-state index is -0.0699. The summed E-state index contributed by atoms with van der Waals surface area (Å²) in [5.74, 6) is 0. The maximum Gasteiger partial charge on any atom is 0.0758 e. The van der Waals surface area contributed by atoms with Crippen molar-refractivity contribution in [2.45, 2.75) is 81.7 Å². The lowest BCUT2D eigenvalue weighted by molar-refractivity contribution is 0.353. The Hall–Kier alpha value is -6.64. The Morgan fingerprint density at radius 2 is 0.952 bits per heavy atom. The molecule has 63 heavy (non-hydrogen) atoms. The first-order valence-electron chi connectivity index (χ1n) is 23.3. The van der Waals surface area contributed by atoms with Gasteiger partial charge in [0.05, 0.1) is 23.5 Å². The van der Waals surface area contributed by atoms with Gasteiger partial charge in [0.25, 0.3) is 0 Å². The maximum atomic E-state index is 4.11. The molecule has 0 amide bonds. The monoisotopic (exact) mass is 814 g/mol. The summed E-state index contributed by atoms with van der Waals surface area (Å²) in [4.78, 5) is 0. The lowest BCUT2D eigenvalue weighted by Gasteiger charge is -2.39. The van der Waals surface area contributed by atoms with Crippen LogP contribution in [0.5, 0.6) is 0 Å². The molecule has 1 fully saturated rings. The van der Waals surface area contributed by atoms with E-state index in [9.17, 15) is 0 Å². The summed E-state index contributed by atoms with van der Waals surface area (Å²) in [5.41, 5.74) is 24.7. The van der Waals surface area contributed by atoms with E-state index in [-0.39, 0.29) is 22.9 Å². The molecule has 5 aliphatic rings. The van der Waals surface area contributed by atoms with Crippen molar-refractivity contribution in [3.63, 3.8) is 0 Å². The molecule has 4 aliphatic carbocycles. The normalized spacial score (nSPS) is 20.1. The third kappa shape index (κ3) is 6.13. The van der Waals surface area contributed by atoms with Crippen molar-refractivity contribution in [3.8, 4) is 22.3 Å². The molecule has 0 aromatic heterocycles. The summed E-state index contributed by atoms with van der Waals surface area (Å²) < 4.78 is 0. The maximum absolute atomic E-state index is 4.11. The molecule has 2 unspecified atom stereocenters. The molecule has 12 rings (SSSR count). The third-order valence-corrected chi connectivity index (χ3v) is 15.4. The highest BCUT2D eigenvalue weighted by Crippen LogP contribution is 2.60. The van der Waals surface area contributed by atoms with Crippen LogP contribution in [0.2, 0.25) is 0 Å². The third-order valence-electron chi connectivity index (χ3n) is 15.4. The van der Waals surface area contributed by atoms with E-state index in [1.807, 2.05) is 0 Å². The lowest BCUT2D eigenvalue weighted by atomic mass is 9.67. The van der Waals surface area contributed by atoms with E-state index in [0.29, 0.717) is 0 Å². The lowest BCUT2D eigenvalue weighted by Crippen LogP contribution is -2.40. The molecule has 2 atom stereocenters. The van der Waals surface area contributed by atoms with Gasteiger partial charge in [0.2, 0.25) is 0 Å². The van der Waals surface area contributed by atoms with Crippen molar-refractivity contribution in [1.29, 1.82) is 0 Å². The SMILES string of the molecule is CC1(C)c2cc3c(cc2-c2c(C4=CC=C(c5cccc(C6=C(c7ccccc7)NC(c7ccccc7)C(c7ccccc7)N6)c5)CC4)cccc21)C1(CCCCC1)c1ccccc1-3. The van der Waals surface area contributed by atoms with Crippen molar-refractivity contribution >= 4 is 22.5 Å². The Balaban J connectivity index is 0.924. The van der Waals surface area contributed by atoms with Crippen LogP contribution in [-0.2, 0) is 10.8 Å². The van der Waals surface area contributed by atoms with E-state index < -0.39 is 0 Å². The van der Waals surface area contributed by atoms with Crippen LogP contribution in [0.3, 0.4) is 0 Å². The van der Waals surface area contributed by atoms with Crippen LogP contribution in [0, 0.1) is 0 Å². The minimum absolute atomic E-state index is 0.0337. The molecule has 1 aliphatic heterocycles. The molecule has 1 heterocycles. The van der Waals surface area contributed by atoms with Crippen molar-refractivity contribution in [2.24, 2.45) is 0 Å². The molecule has 0 saturated heterocycles. The van der Waals surface area contributed by atoms with Gasteiger partial charge in [0.15, 0.2) is 0 Å². The molecular formula is C61H54N2. The predicted octanol–water partition coefficient (Wildman–Crippen LogP) is 15.0. The van der Waals surface area contributed by atoms with Crippen LogP contribution in [0.25, 0.3) is 44.8 Å². The molecule has 7 aromatic rings. The van der Waals surface area contributed by atoms with E-state index in [2.05, 4.69) is 206 Å². The van der Waals surface area contributed by atoms with Gasteiger partial charge >= 0.3 is 0 Å². The largest absolute Gasteiger partial charge is 0.374 e. The molecular weight excluding hydrogens is 761 g/mol. The van der Waals surface area contributed by atoms with Crippen LogP contribution < -0.4 is 10.6 Å². The fourth-order valence-electron chi connectivity index (χ4n) is 12.2. The quantitative estimate of drug-likeness (QED) is 0.175. The summed E-state index contributed by atoms with van der Waals surface area (Å²) in [6, 6.07) is 63.6. The first-order chi connectivity index (χ1) is 31.0. The van der Waals surface area contributed by atoms with Crippen molar-refractivity contribution in [3.05, 3.63) is 238 Å². The van der Waals surface area contributed by atoms with E-state index in [4.69, 9.17) is 0 Å². The highest BCUT2D eigenvalue weighted by atomic mass is 15.1. The van der Waals surface area contributed by atoms with Crippen molar-refractivity contribution in [1.82, 2.24) is 10.6 Å². The second kappa shape index (κ2) is 15.0. The number of nitrogens with one attached hydrogen (secondary N) is 2. The molecule has 1 spiro atoms. The van der Waals surface area contributed by atoms with Gasteiger partial charge in [-0.2, -0.15) is 0 Å². The number of allylic oxidation sites excluding steroid dienone is 4. The van der Waals surface area contributed by atoms with Crippen LogP contribution in [0.4, 0.5) is 0 Å². The standard InChI is InChI=1S/C61H54N2/c1-60(2)52-30-18-28-47(55(52)50-39-54-49(38-53(50)60)48-27-13-14-29-51(48)61(54)35-15-6-16-36-61)41-33-31-40(32-34-41)45-25-17-26-46(37-45)59-58(44-23-11-5-12-24-44)62-56(42-19-7-3-8-20-42)57(63-59)43-21-9-4-10-22-43/h3-5,7-14,17-31,33,37-39,56-57,62-63H,6,15-16,32,34-36H2,1-2H3. The van der Waals surface area contributed by atoms with Gasteiger partial charge in [-0.25, -0.2) is 0 Å². The Morgan fingerprint density at radius 1 is 0.413 bits per heavy atom. The molecule has 2 N–H and O–H groups in total. The fourth-order valence-corrected chi connectivity index (χ4v) is 12.2. The summed E-state index contributed by atoms with van der Waals surface area (Å²) >= 11 is 0. The zero-order valence-electron chi connectivity index (χ0n) is 36.4. The van der Waals surface area contributed by atoms with Gasteiger partial charge in [-0.1, -0.05) is 197 Å².